The zero-order chi connectivity index (χ0) is 14.4. The summed E-state index contributed by atoms with van der Waals surface area (Å²) < 4.78 is 6.00. The third-order valence-electron chi connectivity index (χ3n) is 4.10. The molecule has 1 aromatic carbocycles. The molecule has 0 amide bonds. The van der Waals surface area contributed by atoms with Crippen molar-refractivity contribution in [2.45, 2.75) is 13.3 Å². The Kier molecular flexibility index (Phi) is 5.62. The minimum absolute atomic E-state index is 0.807. The fourth-order valence-electron chi connectivity index (χ4n) is 2.75. The molecule has 1 aliphatic heterocycles. The lowest BCUT2D eigenvalue weighted by molar-refractivity contribution is -1.00. The van der Waals surface area contributed by atoms with Crippen molar-refractivity contribution >= 4 is 0 Å². The largest absolute Gasteiger partial charge is 0.487 e. The van der Waals surface area contributed by atoms with E-state index >= 15 is 0 Å². The first kappa shape index (κ1) is 15.1. The normalized spacial score (nSPS) is 22.5. The van der Waals surface area contributed by atoms with Gasteiger partial charge in [0, 0.05) is 0 Å². The molecular weight excluding hydrogens is 248 g/mol. The van der Waals surface area contributed by atoms with E-state index in [-0.39, 0.29) is 0 Å². The Bertz CT molecular complexity index is 437. The molecule has 1 saturated heterocycles. The molecule has 0 aliphatic carbocycles. The van der Waals surface area contributed by atoms with Gasteiger partial charge in [-0.1, -0.05) is 23.8 Å². The highest BCUT2D eigenvalue weighted by molar-refractivity contribution is 5.38. The number of aryl methyl sites for hydroxylation is 1. The first-order chi connectivity index (χ1) is 9.69. The van der Waals surface area contributed by atoms with E-state index in [1.54, 1.807) is 9.80 Å². The summed E-state index contributed by atoms with van der Waals surface area (Å²) in [7, 11) is 2.28. The van der Waals surface area contributed by atoms with E-state index in [4.69, 9.17) is 4.74 Å². The lowest BCUT2D eigenvalue weighted by atomic mass is 10.1. The van der Waals surface area contributed by atoms with Gasteiger partial charge in [-0.25, -0.2) is 0 Å². The maximum absolute atomic E-state index is 6.00. The zero-order valence-corrected chi connectivity index (χ0v) is 12.9. The molecule has 2 N–H and O–H groups in total. The second kappa shape index (κ2) is 7.46. The smallest absolute Gasteiger partial charge is 0.137 e. The van der Waals surface area contributed by atoms with Crippen molar-refractivity contribution in [2.24, 2.45) is 0 Å². The molecule has 3 nitrogen and oxygen atoms in total. The van der Waals surface area contributed by atoms with Crippen LogP contribution in [0.2, 0.25) is 0 Å². The first-order valence-corrected chi connectivity index (χ1v) is 7.67. The number of piperazine rings is 1. The third kappa shape index (κ3) is 4.36. The van der Waals surface area contributed by atoms with Crippen molar-refractivity contribution in [3.8, 4) is 5.75 Å². The van der Waals surface area contributed by atoms with Crippen LogP contribution in [0.15, 0.2) is 30.9 Å². The minimum Gasteiger partial charge on any atom is -0.487 e. The molecule has 0 aromatic heterocycles. The molecule has 1 heterocycles. The Labute approximate surface area is 122 Å². The molecule has 3 heteroatoms. The fraction of sp³-hybridized carbons (Fsp3) is 0.529. The highest BCUT2D eigenvalue weighted by Gasteiger charge is 2.19. The monoisotopic (exact) mass is 276 g/mol. The van der Waals surface area contributed by atoms with Crippen LogP contribution >= 0.6 is 0 Å². The number of rotatable bonds is 6. The highest BCUT2D eigenvalue weighted by atomic mass is 16.5. The van der Waals surface area contributed by atoms with E-state index in [0.29, 0.717) is 0 Å². The number of quaternary nitrogens is 2. The topological polar surface area (TPSA) is 18.1 Å². The zero-order valence-electron chi connectivity index (χ0n) is 12.9. The first-order valence-electron chi connectivity index (χ1n) is 7.67. The van der Waals surface area contributed by atoms with Gasteiger partial charge < -0.3 is 14.5 Å². The second-order valence-electron chi connectivity index (χ2n) is 5.91. The molecule has 0 spiro atoms. The number of nitrogens with one attached hydrogen (secondary N) is 2. The summed E-state index contributed by atoms with van der Waals surface area (Å²) in [4.78, 5) is 3.33. The van der Waals surface area contributed by atoms with Crippen molar-refractivity contribution < 1.29 is 14.5 Å². The molecule has 2 rings (SSSR count). The van der Waals surface area contributed by atoms with Crippen LogP contribution in [0.3, 0.4) is 0 Å². The van der Waals surface area contributed by atoms with Gasteiger partial charge in [0.1, 0.15) is 45.1 Å². The molecular formula is C17H28N2O+2. The second-order valence-corrected chi connectivity index (χ2v) is 5.91. The van der Waals surface area contributed by atoms with E-state index in [2.05, 4.69) is 38.7 Å². The van der Waals surface area contributed by atoms with Gasteiger partial charge in [-0.05, 0) is 25.0 Å². The SMILES string of the molecule is C=CCc1cc(C)ccc1OCC[NH+]1CC[NH+](C)CC1. The predicted molar refractivity (Wildman–Crippen MR) is 82.8 cm³/mol. The quantitative estimate of drug-likeness (QED) is 0.672. The van der Waals surface area contributed by atoms with Crippen LogP contribution in [0.25, 0.3) is 0 Å². The molecule has 110 valence electrons. The van der Waals surface area contributed by atoms with Crippen molar-refractivity contribution in [1.29, 1.82) is 0 Å². The van der Waals surface area contributed by atoms with Gasteiger partial charge >= 0.3 is 0 Å². The summed E-state index contributed by atoms with van der Waals surface area (Å²) in [6, 6.07) is 6.41. The van der Waals surface area contributed by atoms with Crippen LogP contribution in [-0.4, -0.2) is 46.4 Å². The van der Waals surface area contributed by atoms with Crippen molar-refractivity contribution in [1.82, 2.24) is 0 Å². The summed E-state index contributed by atoms with van der Waals surface area (Å²) in [5.41, 5.74) is 2.53. The van der Waals surface area contributed by atoms with Crippen LogP contribution in [0.5, 0.6) is 5.75 Å². The van der Waals surface area contributed by atoms with E-state index in [0.717, 1.165) is 25.3 Å². The van der Waals surface area contributed by atoms with Crippen LogP contribution in [0.4, 0.5) is 0 Å². The summed E-state index contributed by atoms with van der Waals surface area (Å²) in [6.07, 6.45) is 2.82. The van der Waals surface area contributed by atoms with Gasteiger partial charge in [-0.3, -0.25) is 0 Å². The van der Waals surface area contributed by atoms with E-state index < -0.39 is 0 Å². The third-order valence-corrected chi connectivity index (χ3v) is 4.10. The highest BCUT2D eigenvalue weighted by Crippen LogP contribution is 2.20. The van der Waals surface area contributed by atoms with Crippen LogP contribution in [0, 0.1) is 6.92 Å². The molecule has 0 unspecified atom stereocenters. The Balaban J connectivity index is 1.83. The van der Waals surface area contributed by atoms with E-state index in [9.17, 15) is 0 Å². The fourth-order valence-corrected chi connectivity index (χ4v) is 2.75. The summed E-state index contributed by atoms with van der Waals surface area (Å²) in [5.74, 6) is 1.02. The minimum atomic E-state index is 0.807. The van der Waals surface area contributed by atoms with Gasteiger partial charge in [0.2, 0.25) is 0 Å². The van der Waals surface area contributed by atoms with Gasteiger partial charge in [0.25, 0.3) is 0 Å². The average Bonchev–Trinajstić information content (AvgIpc) is 2.44. The lowest BCUT2D eigenvalue weighted by Crippen LogP contribution is -3.27. The van der Waals surface area contributed by atoms with Crippen LogP contribution in [0.1, 0.15) is 11.1 Å². The maximum Gasteiger partial charge on any atom is 0.137 e. The number of ether oxygens (including phenoxy) is 1. The van der Waals surface area contributed by atoms with E-state index in [1.165, 1.54) is 37.3 Å². The molecule has 0 atom stereocenters. The molecule has 20 heavy (non-hydrogen) atoms. The molecule has 1 aliphatic rings. The molecule has 1 aromatic rings. The van der Waals surface area contributed by atoms with Gasteiger partial charge in [-0.2, -0.15) is 0 Å². The molecule has 0 saturated carbocycles. The summed E-state index contributed by atoms with van der Waals surface area (Å²) in [5, 5.41) is 0. The van der Waals surface area contributed by atoms with Crippen molar-refractivity contribution in [3.05, 3.63) is 42.0 Å². The summed E-state index contributed by atoms with van der Waals surface area (Å²) >= 11 is 0. The Hall–Kier alpha value is -1.32. The summed E-state index contributed by atoms with van der Waals surface area (Å²) in [6.45, 7) is 12.9. The Morgan fingerprint density at radius 1 is 1.25 bits per heavy atom. The van der Waals surface area contributed by atoms with Gasteiger partial charge in [-0.15, -0.1) is 6.58 Å². The predicted octanol–water partition coefficient (Wildman–Crippen LogP) is -0.484. The maximum atomic E-state index is 6.00. The number of hydrogen-bond donors (Lipinski definition) is 2. The van der Waals surface area contributed by atoms with Crippen LogP contribution in [-0.2, 0) is 6.42 Å². The molecule has 1 fully saturated rings. The number of allylic oxidation sites excluding steroid dienone is 1. The van der Waals surface area contributed by atoms with Crippen LogP contribution < -0.4 is 14.5 Å². The van der Waals surface area contributed by atoms with Crippen molar-refractivity contribution in [2.75, 3.05) is 46.4 Å². The number of hydrogen-bond acceptors (Lipinski definition) is 1. The Morgan fingerprint density at radius 3 is 2.70 bits per heavy atom. The number of likely N-dealkylation sites (N-methyl/N-ethyl adjacent to an activating group) is 1. The van der Waals surface area contributed by atoms with Crippen molar-refractivity contribution in [3.63, 3.8) is 0 Å². The van der Waals surface area contributed by atoms with E-state index in [1.807, 2.05) is 6.08 Å². The van der Waals surface area contributed by atoms with Gasteiger partial charge in [0.05, 0.1) is 7.05 Å². The Morgan fingerprint density at radius 2 is 2.00 bits per heavy atom. The average molecular weight is 276 g/mol. The molecule has 0 radical (unpaired) electrons. The number of benzene rings is 1. The molecule has 0 bridgehead atoms. The standard InChI is InChI=1S/C17H26N2O/c1-4-5-16-14-15(2)6-7-17(16)20-13-12-19-10-8-18(3)9-11-19/h4,6-7,14H,1,5,8-13H2,2-3H3/p+2. The van der Waals surface area contributed by atoms with Gasteiger partial charge in [0.15, 0.2) is 0 Å². The lowest BCUT2D eigenvalue weighted by Gasteiger charge is -2.27.